The van der Waals surface area contributed by atoms with Gasteiger partial charge in [0.15, 0.2) is 5.16 Å². The topological polar surface area (TPSA) is 61.6 Å². The molecule has 5 heteroatoms. The molecule has 0 unspecified atom stereocenters. The van der Waals surface area contributed by atoms with Gasteiger partial charge in [-0.15, -0.1) is 0 Å². The normalized spacial score (nSPS) is 11.7. The molecular formula is C16H18N4S. The molecule has 0 aliphatic heterocycles. The maximum Gasteiger partial charge on any atom is 0.189 e. The summed E-state index contributed by atoms with van der Waals surface area (Å²) in [5, 5.41) is 13.5. The van der Waals surface area contributed by atoms with Gasteiger partial charge in [0, 0.05) is 11.6 Å². The minimum atomic E-state index is 0.255. The third-order valence-electron chi connectivity index (χ3n) is 3.23. The van der Waals surface area contributed by atoms with Crippen molar-refractivity contribution in [3.8, 4) is 17.3 Å². The van der Waals surface area contributed by atoms with Crippen molar-refractivity contribution >= 4 is 17.6 Å². The minimum absolute atomic E-state index is 0.255. The summed E-state index contributed by atoms with van der Waals surface area (Å²) >= 11 is 1.47. The van der Waals surface area contributed by atoms with Gasteiger partial charge in [-0.1, -0.05) is 49.0 Å². The van der Waals surface area contributed by atoms with Gasteiger partial charge in [0.25, 0.3) is 0 Å². The molecular weight excluding hydrogens is 280 g/mol. The second-order valence-electron chi connectivity index (χ2n) is 4.71. The van der Waals surface area contributed by atoms with E-state index in [0.29, 0.717) is 22.2 Å². The maximum absolute atomic E-state index is 9.53. The standard InChI is InChI=1S/C16H18N4S/c1-4-11(2)18-15-13(10-17)14(19-16(20-15)21-3)12-8-6-5-7-9-12/h5-9,11H,4H2,1-3H3,(H,18,19,20)/t11-/m0/s1. The Morgan fingerprint density at radius 1 is 1.29 bits per heavy atom. The van der Waals surface area contributed by atoms with E-state index in [1.807, 2.05) is 36.6 Å². The number of anilines is 1. The molecule has 1 aromatic heterocycles. The summed E-state index contributed by atoms with van der Waals surface area (Å²) in [5.41, 5.74) is 2.11. The van der Waals surface area contributed by atoms with E-state index >= 15 is 0 Å². The Morgan fingerprint density at radius 3 is 2.57 bits per heavy atom. The summed E-state index contributed by atoms with van der Waals surface area (Å²) in [5.74, 6) is 0.616. The number of benzene rings is 1. The van der Waals surface area contributed by atoms with Crippen LogP contribution >= 0.6 is 11.8 Å². The third kappa shape index (κ3) is 3.53. The molecule has 108 valence electrons. The summed E-state index contributed by atoms with van der Waals surface area (Å²) in [6.07, 6.45) is 2.90. The van der Waals surface area contributed by atoms with Crippen LogP contribution in [0, 0.1) is 11.3 Å². The highest BCUT2D eigenvalue weighted by Gasteiger charge is 2.16. The summed E-state index contributed by atoms with van der Waals surface area (Å²) in [7, 11) is 0. The quantitative estimate of drug-likeness (QED) is 0.669. The van der Waals surface area contributed by atoms with Crippen molar-refractivity contribution in [2.45, 2.75) is 31.5 Å². The molecule has 1 N–H and O–H groups in total. The van der Waals surface area contributed by atoms with E-state index in [-0.39, 0.29) is 6.04 Å². The van der Waals surface area contributed by atoms with Crippen molar-refractivity contribution in [3.05, 3.63) is 35.9 Å². The first-order chi connectivity index (χ1) is 10.2. The Labute approximate surface area is 129 Å². The van der Waals surface area contributed by atoms with Gasteiger partial charge >= 0.3 is 0 Å². The molecule has 21 heavy (non-hydrogen) atoms. The SMILES string of the molecule is CC[C@H](C)Nc1nc(SC)nc(-c2ccccc2)c1C#N. The largest absolute Gasteiger partial charge is 0.366 e. The molecule has 0 spiro atoms. The van der Waals surface area contributed by atoms with E-state index in [9.17, 15) is 5.26 Å². The molecule has 0 aliphatic carbocycles. The first-order valence-corrected chi connectivity index (χ1v) is 8.10. The van der Waals surface area contributed by atoms with Gasteiger partial charge < -0.3 is 5.32 Å². The predicted molar refractivity (Wildman–Crippen MR) is 87.3 cm³/mol. The Balaban J connectivity index is 2.59. The van der Waals surface area contributed by atoms with Crippen LogP contribution in [0.3, 0.4) is 0 Å². The molecule has 1 atom stereocenters. The van der Waals surface area contributed by atoms with Crippen LogP contribution in [-0.4, -0.2) is 22.3 Å². The highest BCUT2D eigenvalue weighted by molar-refractivity contribution is 7.98. The summed E-state index contributed by atoms with van der Waals surface area (Å²) < 4.78 is 0. The molecule has 0 aliphatic rings. The van der Waals surface area contributed by atoms with Crippen LogP contribution in [-0.2, 0) is 0 Å². The molecule has 1 aromatic carbocycles. The van der Waals surface area contributed by atoms with Gasteiger partial charge in [-0.2, -0.15) is 5.26 Å². The molecule has 0 saturated carbocycles. The molecule has 4 nitrogen and oxygen atoms in total. The molecule has 0 bridgehead atoms. The Bertz CT molecular complexity index is 649. The van der Waals surface area contributed by atoms with Crippen molar-refractivity contribution in [2.75, 3.05) is 11.6 Å². The van der Waals surface area contributed by atoms with E-state index in [1.165, 1.54) is 11.8 Å². The van der Waals surface area contributed by atoms with Crippen LogP contribution in [0.1, 0.15) is 25.8 Å². The van der Waals surface area contributed by atoms with Crippen LogP contribution < -0.4 is 5.32 Å². The molecule has 1 heterocycles. The number of nitrogens with zero attached hydrogens (tertiary/aromatic N) is 3. The lowest BCUT2D eigenvalue weighted by Crippen LogP contribution is -2.16. The van der Waals surface area contributed by atoms with E-state index < -0.39 is 0 Å². The summed E-state index contributed by atoms with van der Waals surface area (Å²) in [6, 6.07) is 12.3. The van der Waals surface area contributed by atoms with Gasteiger partial charge in [0.1, 0.15) is 17.5 Å². The molecule has 0 fully saturated rings. The van der Waals surface area contributed by atoms with Crippen molar-refractivity contribution in [1.82, 2.24) is 9.97 Å². The summed E-state index contributed by atoms with van der Waals surface area (Å²) in [6.45, 7) is 4.17. The first kappa shape index (κ1) is 15.3. The number of hydrogen-bond donors (Lipinski definition) is 1. The van der Waals surface area contributed by atoms with Crippen molar-refractivity contribution in [1.29, 1.82) is 5.26 Å². The lowest BCUT2D eigenvalue weighted by Gasteiger charge is -2.16. The number of rotatable bonds is 5. The van der Waals surface area contributed by atoms with Crippen molar-refractivity contribution in [2.24, 2.45) is 0 Å². The van der Waals surface area contributed by atoms with Crippen molar-refractivity contribution < 1.29 is 0 Å². The zero-order valence-electron chi connectivity index (χ0n) is 12.4. The summed E-state index contributed by atoms with van der Waals surface area (Å²) in [4.78, 5) is 8.97. The van der Waals surface area contributed by atoms with E-state index in [1.54, 1.807) is 0 Å². The van der Waals surface area contributed by atoms with Crippen LogP contribution in [0.15, 0.2) is 35.5 Å². The number of nitriles is 1. The second kappa shape index (κ2) is 7.09. The predicted octanol–water partition coefficient (Wildman–Crippen LogP) is 3.95. The lowest BCUT2D eigenvalue weighted by atomic mass is 10.1. The second-order valence-corrected chi connectivity index (χ2v) is 5.49. The number of aromatic nitrogens is 2. The Kier molecular flexibility index (Phi) is 5.18. The minimum Gasteiger partial charge on any atom is -0.366 e. The first-order valence-electron chi connectivity index (χ1n) is 6.87. The van der Waals surface area contributed by atoms with Crippen LogP contribution in [0.4, 0.5) is 5.82 Å². The highest BCUT2D eigenvalue weighted by Crippen LogP contribution is 2.28. The van der Waals surface area contributed by atoms with Crippen LogP contribution in [0.25, 0.3) is 11.3 Å². The van der Waals surface area contributed by atoms with Gasteiger partial charge in [0.2, 0.25) is 0 Å². The van der Waals surface area contributed by atoms with Gasteiger partial charge in [-0.05, 0) is 19.6 Å². The van der Waals surface area contributed by atoms with Gasteiger partial charge in [0.05, 0.1) is 5.69 Å². The van der Waals surface area contributed by atoms with Gasteiger partial charge in [-0.25, -0.2) is 9.97 Å². The fraction of sp³-hybridized carbons (Fsp3) is 0.312. The molecule has 0 saturated heterocycles. The third-order valence-corrected chi connectivity index (χ3v) is 3.77. The average molecular weight is 298 g/mol. The zero-order chi connectivity index (χ0) is 15.2. The lowest BCUT2D eigenvalue weighted by molar-refractivity contribution is 0.753. The number of thioether (sulfide) groups is 1. The van der Waals surface area contributed by atoms with Gasteiger partial charge in [-0.3, -0.25) is 0 Å². The van der Waals surface area contributed by atoms with E-state index in [0.717, 1.165) is 12.0 Å². The zero-order valence-corrected chi connectivity index (χ0v) is 13.2. The highest BCUT2D eigenvalue weighted by atomic mass is 32.2. The van der Waals surface area contributed by atoms with E-state index in [4.69, 9.17) is 0 Å². The number of hydrogen-bond acceptors (Lipinski definition) is 5. The number of nitrogens with one attached hydrogen (secondary N) is 1. The monoisotopic (exact) mass is 298 g/mol. The fourth-order valence-corrected chi connectivity index (χ4v) is 2.25. The molecule has 0 radical (unpaired) electrons. The molecule has 2 aromatic rings. The Morgan fingerprint density at radius 2 is 2.00 bits per heavy atom. The molecule has 2 rings (SSSR count). The fourth-order valence-electron chi connectivity index (χ4n) is 1.88. The maximum atomic E-state index is 9.53. The molecule has 0 amide bonds. The Hall–Kier alpha value is -2.06. The van der Waals surface area contributed by atoms with Crippen LogP contribution in [0.5, 0.6) is 0 Å². The van der Waals surface area contributed by atoms with Crippen molar-refractivity contribution in [3.63, 3.8) is 0 Å². The smallest absolute Gasteiger partial charge is 0.189 e. The van der Waals surface area contributed by atoms with Crippen LogP contribution in [0.2, 0.25) is 0 Å². The average Bonchev–Trinajstić information content (AvgIpc) is 2.54. The van der Waals surface area contributed by atoms with E-state index in [2.05, 4.69) is 35.2 Å².